The number of alkyl carbamates (subject to hydrolysis) is 1. The van der Waals surface area contributed by atoms with Crippen LogP contribution in [-0.2, 0) is 19.1 Å². The summed E-state index contributed by atoms with van der Waals surface area (Å²) in [7, 11) is 0. The smallest absolute Gasteiger partial charge is 0.407 e. The summed E-state index contributed by atoms with van der Waals surface area (Å²) < 4.78 is 11.3. The molecule has 1 heterocycles. The van der Waals surface area contributed by atoms with Gasteiger partial charge in [0.05, 0.1) is 6.42 Å². The number of carboxylic acid groups (broad SMARTS) is 1. The zero-order chi connectivity index (χ0) is 24.9. The van der Waals surface area contributed by atoms with Crippen LogP contribution in [0, 0.1) is 5.92 Å². The van der Waals surface area contributed by atoms with Gasteiger partial charge in [0.2, 0.25) is 0 Å². The Labute approximate surface area is 205 Å². The second-order valence-electron chi connectivity index (χ2n) is 9.12. The normalized spacial score (nSPS) is 19.5. The van der Waals surface area contributed by atoms with Gasteiger partial charge in [-0.3, -0.25) is 9.59 Å². The number of hydrogen-bond acceptors (Lipinski definition) is 5. The summed E-state index contributed by atoms with van der Waals surface area (Å²) in [5, 5.41) is 11.9. The lowest BCUT2D eigenvalue weighted by Gasteiger charge is -2.31. The number of fused-ring (bicyclic) bond motifs is 3. The number of nitrogens with one attached hydrogen (secondary N) is 1. The highest BCUT2D eigenvalue weighted by atomic mass is 16.5. The number of carbonyl (C=O) groups is 3. The van der Waals surface area contributed by atoms with E-state index in [9.17, 15) is 14.4 Å². The third-order valence-corrected chi connectivity index (χ3v) is 6.94. The molecule has 4 rings (SSSR count). The Bertz CT molecular complexity index is 1040. The van der Waals surface area contributed by atoms with Crippen molar-refractivity contribution in [3.8, 4) is 11.1 Å². The molecule has 3 atom stereocenters. The van der Waals surface area contributed by atoms with Crippen molar-refractivity contribution < 1.29 is 29.0 Å². The quantitative estimate of drug-likeness (QED) is 0.568. The van der Waals surface area contributed by atoms with E-state index in [1.807, 2.05) is 31.2 Å². The highest BCUT2D eigenvalue weighted by molar-refractivity contribution is 5.83. The Kier molecular flexibility index (Phi) is 7.70. The van der Waals surface area contributed by atoms with Gasteiger partial charge in [0.25, 0.3) is 5.91 Å². The number of carbonyl (C=O) groups excluding carboxylic acids is 2. The van der Waals surface area contributed by atoms with Crippen LogP contribution in [0.2, 0.25) is 0 Å². The first-order chi connectivity index (χ1) is 16.9. The fourth-order valence-electron chi connectivity index (χ4n) is 5.19. The van der Waals surface area contributed by atoms with Crippen LogP contribution >= 0.6 is 0 Å². The molecule has 0 spiro atoms. The maximum atomic E-state index is 13.1. The SMILES string of the molecule is CCN(C(=O)C1OCCC1CNC(=O)OCC1c2ccccc2-c2ccccc21)C(C)CC(=O)O. The monoisotopic (exact) mass is 480 g/mol. The van der Waals surface area contributed by atoms with Crippen LogP contribution in [0.25, 0.3) is 11.1 Å². The summed E-state index contributed by atoms with van der Waals surface area (Å²) in [6.45, 7) is 4.80. The third-order valence-electron chi connectivity index (χ3n) is 6.94. The maximum absolute atomic E-state index is 13.1. The van der Waals surface area contributed by atoms with Crippen LogP contribution < -0.4 is 5.32 Å². The average molecular weight is 481 g/mol. The zero-order valence-corrected chi connectivity index (χ0v) is 20.1. The first kappa shape index (κ1) is 24.7. The van der Waals surface area contributed by atoms with Crippen LogP contribution in [0.15, 0.2) is 48.5 Å². The molecule has 8 heteroatoms. The lowest BCUT2D eigenvalue weighted by molar-refractivity contribution is -0.146. The molecule has 1 aliphatic carbocycles. The van der Waals surface area contributed by atoms with E-state index in [0.717, 1.165) is 11.1 Å². The lowest BCUT2D eigenvalue weighted by Crippen LogP contribution is -2.48. The molecule has 0 bridgehead atoms. The first-order valence-corrected chi connectivity index (χ1v) is 12.1. The van der Waals surface area contributed by atoms with Crippen LogP contribution in [-0.4, -0.2) is 66.4 Å². The summed E-state index contributed by atoms with van der Waals surface area (Å²) in [5.74, 6) is -1.41. The Balaban J connectivity index is 1.32. The Hall–Kier alpha value is -3.39. The van der Waals surface area contributed by atoms with Crippen molar-refractivity contribution in [3.63, 3.8) is 0 Å². The number of carboxylic acids is 1. The minimum atomic E-state index is -0.954. The first-order valence-electron chi connectivity index (χ1n) is 12.1. The van der Waals surface area contributed by atoms with Gasteiger partial charge < -0.3 is 24.8 Å². The predicted molar refractivity (Wildman–Crippen MR) is 130 cm³/mol. The number of hydrogen-bond donors (Lipinski definition) is 2. The van der Waals surface area contributed by atoms with Crippen LogP contribution in [0.5, 0.6) is 0 Å². The molecule has 35 heavy (non-hydrogen) atoms. The zero-order valence-electron chi connectivity index (χ0n) is 20.1. The molecule has 2 aromatic rings. The van der Waals surface area contributed by atoms with E-state index in [2.05, 4.69) is 29.6 Å². The van der Waals surface area contributed by atoms with E-state index in [1.165, 1.54) is 16.0 Å². The van der Waals surface area contributed by atoms with Gasteiger partial charge in [-0.25, -0.2) is 4.79 Å². The topological polar surface area (TPSA) is 105 Å². The molecule has 1 fully saturated rings. The summed E-state index contributed by atoms with van der Waals surface area (Å²) >= 11 is 0. The second kappa shape index (κ2) is 10.9. The van der Waals surface area contributed by atoms with Crippen molar-refractivity contribution in [1.82, 2.24) is 10.2 Å². The maximum Gasteiger partial charge on any atom is 0.407 e. The Morgan fingerprint density at radius 1 is 1.11 bits per heavy atom. The molecular formula is C27H32N2O6. The summed E-state index contributed by atoms with van der Waals surface area (Å²) in [5.41, 5.74) is 4.62. The van der Waals surface area contributed by atoms with Crippen molar-refractivity contribution in [2.45, 2.75) is 44.8 Å². The second-order valence-corrected chi connectivity index (χ2v) is 9.12. The van der Waals surface area contributed by atoms with Gasteiger partial charge in [0.1, 0.15) is 12.7 Å². The van der Waals surface area contributed by atoms with Crippen LogP contribution in [0.3, 0.4) is 0 Å². The predicted octanol–water partition coefficient (Wildman–Crippen LogP) is 3.64. The minimum absolute atomic E-state index is 0.0221. The molecule has 1 saturated heterocycles. The minimum Gasteiger partial charge on any atom is -0.481 e. The molecule has 0 saturated carbocycles. The lowest BCUT2D eigenvalue weighted by atomic mass is 9.98. The highest BCUT2D eigenvalue weighted by Gasteiger charge is 2.38. The number of rotatable bonds is 9. The molecule has 2 aliphatic rings. The highest BCUT2D eigenvalue weighted by Crippen LogP contribution is 2.44. The van der Waals surface area contributed by atoms with E-state index in [0.29, 0.717) is 19.6 Å². The van der Waals surface area contributed by atoms with E-state index >= 15 is 0 Å². The van der Waals surface area contributed by atoms with Gasteiger partial charge in [0, 0.05) is 37.6 Å². The van der Waals surface area contributed by atoms with E-state index in [-0.39, 0.29) is 37.3 Å². The van der Waals surface area contributed by atoms with E-state index < -0.39 is 24.2 Å². The van der Waals surface area contributed by atoms with Gasteiger partial charge in [-0.15, -0.1) is 0 Å². The average Bonchev–Trinajstić information content (AvgIpc) is 3.44. The third kappa shape index (κ3) is 5.32. The van der Waals surface area contributed by atoms with Crippen molar-refractivity contribution in [2.75, 3.05) is 26.3 Å². The molecular weight excluding hydrogens is 448 g/mol. The molecule has 1 aliphatic heterocycles. The standard InChI is InChI=1S/C27H32N2O6/c1-3-29(17(2)14-24(30)31)26(32)25-18(12-13-34-25)15-28-27(33)35-16-23-21-10-6-4-8-19(21)20-9-5-7-11-22(20)23/h4-11,17-18,23,25H,3,12-16H2,1-2H3,(H,28,33)(H,30,31). The fourth-order valence-corrected chi connectivity index (χ4v) is 5.19. The number of ether oxygens (including phenoxy) is 2. The fraction of sp³-hybridized carbons (Fsp3) is 0.444. The van der Waals surface area contributed by atoms with Crippen LogP contribution in [0.4, 0.5) is 4.79 Å². The van der Waals surface area contributed by atoms with Crippen molar-refractivity contribution >= 4 is 18.0 Å². The molecule has 186 valence electrons. The Morgan fingerprint density at radius 2 is 1.74 bits per heavy atom. The van der Waals surface area contributed by atoms with Crippen LogP contribution in [0.1, 0.15) is 43.7 Å². The van der Waals surface area contributed by atoms with E-state index in [1.54, 1.807) is 6.92 Å². The molecule has 0 radical (unpaired) electrons. The number of nitrogens with zero attached hydrogens (tertiary/aromatic N) is 1. The molecule has 2 amide bonds. The molecule has 3 unspecified atom stereocenters. The number of aliphatic carboxylic acids is 1. The van der Waals surface area contributed by atoms with Gasteiger partial charge in [0.15, 0.2) is 0 Å². The molecule has 8 nitrogen and oxygen atoms in total. The summed E-state index contributed by atoms with van der Waals surface area (Å²) in [4.78, 5) is 38.2. The largest absolute Gasteiger partial charge is 0.481 e. The van der Waals surface area contributed by atoms with Gasteiger partial charge in [-0.1, -0.05) is 48.5 Å². The number of amides is 2. The van der Waals surface area contributed by atoms with E-state index in [4.69, 9.17) is 14.6 Å². The summed E-state index contributed by atoms with van der Waals surface area (Å²) in [6.07, 6.45) is -0.739. The Morgan fingerprint density at radius 3 is 2.34 bits per heavy atom. The van der Waals surface area contributed by atoms with Gasteiger partial charge in [-0.05, 0) is 42.5 Å². The molecule has 0 aromatic heterocycles. The molecule has 2 N–H and O–H groups in total. The van der Waals surface area contributed by atoms with Crippen molar-refractivity contribution in [1.29, 1.82) is 0 Å². The number of likely N-dealkylation sites (N-methyl/N-ethyl adjacent to an activating group) is 1. The number of benzene rings is 2. The van der Waals surface area contributed by atoms with Crippen molar-refractivity contribution in [3.05, 3.63) is 59.7 Å². The van der Waals surface area contributed by atoms with Gasteiger partial charge >= 0.3 is 12.1 Å². The van der Waals surface area contributed by atoms with Crippen molar-refractivity contribution in [2.24, 2.45) is 5.92 Å². The molecule has 2 aromatic carbocycles. The summed E-state index contributed by atoms with van der Waals surface area (Å²) in [6, 6.07) is 15.9. The van der Waals surface area contributed by atoms with Gasteiger partial charge in [-0.2, -0.15) is 0 Å².